The summed E-state index contributed by atoms with van der Waals surface area (Å²) < 4.78 is 10.6. The standard InChI is InChI=1S/C20H23NO5/c1-25-19-5-3-2-4-14(19)12-18(23)15-6-7-17(22)16(20(15)24)13-21-8-10-26-11-9-21/h2-7,22,24H,8-13H2,1H3. The van der Waals surface area contributed by atoms with Gasteiger partial charge in [-0.15, -0.1) is 0 Å². The summed E-state index contributed by atoms with van der Waals surface area (Å²) in [5.41, 5.74) is 1.14. The van der Waals surface area contributed by atoms with Crippen molar-refractivity contribution in [2.75, 3.05) is 33.4 Å². The largest absolute Gasteiger partial charge is 0.872 e. The molecule has 1 heterocycles. The number of nitrogens with one attached hydrogen (secondary N) is 1. The van der Waals surface area contributed by atoms with Crippen molar-refractivity contribution in [3.8, 4) is 17.2 Å². The van der Waals surface area contributed by atoms with Crippen LogP contribution in [0.3, 0.4) is 0 Å². The van der Waals surface area contributed by atoms with E-state index in [1.54, 1.807) is 19.2 Å². The van der Waals surface area contributed by atoms with Crippen molar-refractivity contribution in [1.29, 1.82) is 0 Å². The summed E-state index contributed by atoms with van der Waals surface area (Å²) in [6, 6.07) is 10.1. The van der Waals surface area contributed by atoms with Crippen molar-refractivity contribution in [2.24, 2.45) is 0 Å². The van der Waals surface area contributed by atoms with Crippen LogP contribution in [0.15, 0.2) is 36.4 Å². The van der Waals surface area contributed by atoms with Crippen molar-refractivity contribution < 1.29 is 29.4 Å². The fourth-order valence-corrected chi connectivity index (χ4v) is 3.21. The van der Waals surface area contributed by atoms with Gasteiger partial charge in [0.05, 0.1) is 20.3 Å². The molecule has 1 aliphatic rings. The van der Waals surface area contributed by atoms with Gasteiger partial charge in [-0.25, -0.2) is 0 Å². The van der Waals surface area contributed by atoms with E-state index in [0.29, 0.717) is 31.1 Å². The third kappa shape index (κ3) is 3.98. The fourth-order valence-electron chi connectivity index (χ4n) is 3.21. The highest BCUT2D eigenvalue weighted by Gasteiger charge is 2.20. The quantitative estimate of drug-likeness (QED) is 0.728. The summed E-state index contributed by atoms with van der Waals surface area (Å²) in [6.07, 6.45) is 0.0773. The lowest BCUT2D eigenvalue weighted by Gasteiger charge is -2.27. The highest BCUT2D eigenvalue weighted by Crippen LogP contribution is 2.29. The van der Waals surface area contributed by atoms with Crippen molar-refractivity contribution >= 4 is 5.78 Å². The Balaban J connectivity index is 1.83. The summed E-state index contributed by atoms with van der Waals surface area (Å²) >= 11 is 0. The first-order valence-corrected chi connectivity index (χ1v) is 8.68. The molecule has 2 aromatic carbocycles. The molecule has 0 bridgehead atoms. The zero-order valence-corrected chi connectivity index (χ0v) is 14.8. The van der Waals surface area contributed by atoms with Crippen molar-refractivity contribution in [3.05, 3.63) is 53.1 Å². The maximum absolute atomic E-state index is 12.8. The van der Waals surface area contributed by atoms with Crippen molar-refractivity contribution in [2.45, 2.75) is 13.0 Å². The van der Waals surface area contributed by atoms with Gasteiger partial charge in [-0.1, -0.05) is 23.9 Å². The van der Waals surface area contributed by atoms with Crippen LogP contribution in [-0.2, 0) is 17.7 Å². The highest BCUT2D eigenvalue weighted by molar-refractivity contribution is 6.00. The number of ketones is 1. The van der Waals surface area contributed by atoms with E-state index in [0.717, 1.165) is 23.6 Å². The molecule has 0 amide bonds. The Kier molecular flexibility index (Phi) is 5.75. The number of Topliss-reactive ketones (excluding diaryl/α,β-unsaturated/α-hetero) is 1. The molecule has 2 aromatic rings. The number of carbonyl (C=O) groups is 1. The first kappa shape index (κ1) is 18.2. The number of benzene rings is 2. The van der Waals surface area contributed by atoms with E-state index >= 15 is 0 Å². The summed E-state index contributed by atoms with van der Waals surface area (Å²) in [5.74, 6) is -0.102. The second kappa shape index (κ2) is 8.21. The van der Waals surface area contributed by atoms with Crippen LogP contribution in [0, 0.1) is 0 Å². The summed E-state index contributed by atoms with van der Waals surface area (Å²) in [4.78, 5) is 13.9. The lowest BCUT2D eigenvalue weighted by Crippen LogP contribution is -3.12. The molecule has 0 unspecified atom stereocenters. The molecular formula is C20H23NO5. The maximum atomic E-state index is 12.8. The minimum atomic E-state index is -0.385. The van der Waals surface area contributed by atoms with Gasteiger partial charge >= 0.3 is 0 Å². The van der Waals surface area contributed by atoms with E-state index in [9.17, 15) is 15.0 Å². The second-order valence-corrected chi connectivity index (χ2v) is 6.39. The molecule has 0 aliphatic carbocycles. The number of aromatic hydroxyl groups is 1. The van der Waals surface area contributed by atoms with Gasteiger partial charge in [-0.2, -0.15) is 0 Å². The van der Waals surface area contributed by atoms with Gasteiger partial charge in [0.25, 0.3) is 0 Å². The van der Waals surface area contributed by atoms with Gasteiger partial charge < -0.3 is 24.6 Å². The molecule has 138 valence electrons. The number of para-hydroxylation sites is 1. The first-order valence-electron chi connectivity index (χ1n) is 8.68. The lowest BCUT2D eigenvalue weighted by molar-refractivity contribution is -0.921. The Labute approximate surface area is 152 Å². The molecule has 1 saturated heterocycles. The molecule has 0 radical (unpaired) electrons. The van der Waals surface area contributed by atoms with Gasteiger partial charge in [0.2, 0.25) is 0 Å². The van der Waals surface area contributed by atoms with E-state index in [2.05, 4.69) is 0 Å². The Bertz CT molecular complexity index is 784. The molecule has 0 saturated carbocycles. The summed E-state index contributed by atoms with van der Waals surface area (Å²) in [5, 5.41) is 22.9. The Hall–Kier alpha value is -2.57. The average Bonchev–Trinajstić information content (AvgIpc) is 2.66. The molecule has 6 nitrogen and oxygen atoms in total. The number of phenols is 1. The van der Waals surface area contributed by atoms with E-state index in [1.165, 1.54) is 12.1 Å². The number of ether oxygens (including phenoxy) is 2. The third-order valence-electron chi connectivity index (χ3n) is 4.71. The number of rotatable bonds is 6. The van der Waals surface area contributed by atoms with Gasteiger partial charge in [0, 0.05) is 23.1 Å². The minimum Gasteiger partial charge on any atom is -0.872 e. The molecule has 6 heteroatoms. The zero-order valence-electron chi connectivity index (χ0n) is 14.8. The van der Waals surface area contributed by atoms with Crippen LogP contribution in [0.4, 0.5) is 0 Å². The minimum absolute atomic E-state index is 0.0529. The fraction of sp³-hybridized carbons (Fsp3) is 0.350. The molecule has 26 heavy (non-hydrogen) atoms. The molecule has 0 aromatic heterocycles. The number of hydrogen-bond donors (Lipinski definition) is 2. The maximum Gasteiger partial charge on any atom is 0.166 e. The van der Waals surface area contributed by atoms with E-state index < -0.39 is 0 Å². The number of carbonyl (C=O) groups excluding carboxylic acids is 1. The highest BCUT2D eigenvalue weighted by atomic mass is 16.5. The predicted octanol–water partition coefficient (Wildman–Crippen LogP) is 0.315. The number of quaternary nitrogens is 1. The van der Waals surface area contributed by atoms with Gasteiger partial charge in [-0.3, -0.25) is 4.79 Å². The predicted molar refractivity (Wildman–Crippen MR) is 93.8 cm³/mol. The molecule has 1 aliphatic heterocycles. The number of hydrogen-bond acceptors (Lipinski definition) is 5. The molecular weight excluding hydrogens is 334 g/mol. The first-order chi connectivity index (χ1) is 12.6. The molecule has 0 atom stereocenters. The van der Waals surface area contributed by atoms with E-state index in [4.69, 9.17) is 9.47 Å². The average molecular weight is 357 g/mol. The molecule has 2 N–H and O–H groups in total. The van der Waals surface area contributed by atoms with Crippen LogP contribution in [-0.4, -0.2) is 44.3 Å². The van der Waals surface area contributed by atoms with Crippen LogP contribution in [0.5, 0.6) is 17.2 Å². The SMILES string of the molecule is COc1ccccc1CC(=O)c1ccc(O)c(C[NH+]2CCOCC2)c1[O-]. The Morgan fingerprint density at radius 1 is 1.23 bits per heavy atom. The van der Waals surface area contributed by atoms with Crippen molar-refractivity contribution in [1.82, 2.24) is 0 Å². The van der Waals surface area contributed by atoms with E-state index in [1.807, 2.05) is 12.1 Å². The summed E-state index contributed by atoms with van der Waals surface area (Å²) in [7, 11) is 1.55. The number of methoxy groups -OCH3 is 1. The van der Waals surface area contributed by atoms with Crippen LogP contribution in [0.2, 0.25) is 0 Å². The van der Waals surface area contributed by atoms with Crippen LogP contribution < -0.4 is 14.7 Å². The Morgan fingerprint density at radius 3 is 2.69 bits per heavy atom. The smallest absolute Gasteiger partial charge is 0.166 e. The van der Waals surface area contributed by atoms with Crippen molar-refractivity contribution in [3.63, 3.8) is 0 Å². The topological polar surface area (TPSA) is 83.3 Å². The number of morpholine rings is 1. The van der Waals surface area contributed by atoms with E-state index in [-0.39, 0.29) is 29.3 Å². The third-order valence-corrected chi connectivity index (χ3v) is 4.71. The number of phenolic OH excluding ortho intramolecular Hbond substituents is 1. The molecule has 0 spiro atoms. The van der Waals surface area contributed by atoms with Crippen LogP contribution in [0.25, 0.3) is 0 Å². The normalized spacial score (nSPS) is 15.0. The second-order valence-electron chi connectivity index (χ2n) is 6.39. The lowest BCUT2D eigenvalue weighted by atomic mass is 9.98. The van der Waals surface area contributed by atoms with Gasteiger partial charge in [0.1, 0.15) is 31.1 Å². The summed E-state index contributed by atoms with van der Waals surface area (Å²) in [6.45, 7) is 3.22. The Morgan fingerprint density at radius 2 is 1.96 bits per heavy atom. The van der Waals surface area contributed by atoms with Gasteiger partial charge in [-0.05, 0) is 18.2 Å². The monoisotopic (exact) mass is 357 g/mol. The van der Waals surface area contributed by atoms with Crippen LogP contribution >= 0.6 is 0 Å². The van der Waals surface area contributed by atoms with Gasteiger partial charge in [0.15, 0.2) is 5.78 Å². The molecule has 1 fully saturated rings. The molecule has 3 rings (SSSR count). The zero-order chi connectivity index (χ0) is 18.5. The van der Waals surface area contributed by atoms with Crippen LogP contribution in [0.1, 0.15) is 21.5 Å².